The Kier molecular flexibility index (Phi) is 7.71. The van der Waals surface area contributed by atoms with Crippen molar-refractivity contribution < 1.29 is 0 Å². The van der Waals surface area contributed by atoms with E-state index in [1.807, 2.05) is 18.1 Å². The van der Waals surface area contributed by atoms with Gasteiger partial charge < -0.3 is 14.4 Å². The molecule has 4 nitrogen and oxygen atoms in total. The van der Waals surface area contributed by atoms with E-state index in [1.54, 1.807) is 0 Å². The summed E-state index contributed by atoms with van der Waals surface area (Å²) in [6.07, 6.45) is 6.13. The van der Waals surface area contributed by atoms with Crippen LogP contribution in [0.4, 0.5) is 5.82 Å². The number of hydrogen-bond acceptors (Lipinski definition) is 3. The summed E-state index contributed by atoms with van der Waals surface area (Å²) >= 11 is 0. The van der Waals surface area contributed by atoms with Crippen LogP contribution in [0.25, 0.3) is 5.70 Å². The number of imidazole rings is 1. The number of anilines is 1. The number of hydrogen-bond donors (Lipinski definition) is 0. The first-order valence-corrected chi connectivity index (χ1v) is 9.92. The predicted octanol–water partition coefficient (Wildman–Crippen LogP) is 5.17. The van der Waals surface area contributed by atoms with Crippen molar-refractivity contribution in [2.75, 3.05) is 25.5 Å². The zero-order valence-corrected chi connectivity index (χ0v) is 17.4. The van der Waals surface area contributed by atoms with Gasteiger partial charge >= 0.3 is 0 Å². The van der Waals surface area contributed by atoms with Gasteiger partial charge in [-0.2, -0.15) is 0 Å². The maximum Gasteiger partial charge on any atom is 0.160 e. The van der Waals surface area contributed by atoms with Crippen molar-refractivity contribution in [3.63, 3.8) is 0 Å². The van der Waals surface area contributed by atoms with E-state index in [0.717, 1.165) is 61.8 Å². The van der Waals surface area contributed by atoms with Gasteiger partial charge in [0, 0.05) is 33.6 Å². The number of rotatable bonds is 11. The van der Waals surface area contributed by atoms with Gasteiger partial charge in [-0.15, -0.1) is 0 Å². The fourth-order valence-electron chi connectivity index (χ4n) is 3.22. The van der Waals surface area contributed by atoms with Crippen molar-refractivity contribution in [3.8, 4) is 0 Å². The van der Waals surface area contributed by atoms with Crippen LogP contribution in [0.5, 0.6) is 0 Å². The van der Waals surface area contributed by atoms with E-state index in [9.17, 15) is 0 Å². The van der Waals surface area contributed by atoms with Gasteiger partial charge in [-0.05, 0) is 24.6 Å². The molecule has 0 aliphatic rings. The topological polar surface area (TPSA) is 24.3 Å². The molecule has 2 rings (SSSR count). The van der Waals surface area contributed by atoms with Crippen molar-refractivity contribution in [1.29, 1.82) is 0 Å². The zero-order chi connectivity index (χ0) is 19.8. The second kappa shape index (κ2) is 10.0. The summed E-state index contributed by atoms with van der Waals surface area (Å²) in [6, 6.07) is 10.6. The first-order valence-electron chi connectivity index (χ1n) is 9.92. The van der Waals surface area contributed by atoms with Gasteiger partial charge in [0.25, 0.3) is 0 Å². The molecule has 1 heterocycles. The fourth-order valence-corrected chi connectivity index (χ4v) is 3.22. The smallest absolute Gasteiger partial charge is 0.160 e. The molecule has 0 spiro atoms. The van der Waals surface area contributed by atoms with Crippen LogP contribution >= 0.6 is 0 Å². The third-order valence-corrected chi connectivity index (χ3v) is 4.87. The Bertz CT molecular complexity index is 745. The SMILES string of the molecule is C=CN(C)c1nc(CCCC)n(Cc2ccccc2)c1C(=C)N(C)CCC. The van der Waals surface area contributed by atoms with E-state index in [4.69, 9.17) is 4.98 Å². The molecule has 0 N–H and O–H groups in total. The van der Waals surface area contributed by atoms with Crippen LogP contribution in [0.2, 0.25) is 0 Å². The van der Waals surface area contributed by atoms with Gasteiger partial charge in [-0.1, -0.05) is 63.8 Å². The van der Waals surface area contributed by atoms with Gasteiger partial charge in [0.15, 0.2) is 5.82 Å². The molecule has 2 aromatic rings. The van der Waals surface area contributed by atoms with Gasteiger partial charge in [-0.3, -0.25) is 0 Å². The van der Waals surface area contributed by atoms with Crippen LogP contribution in [-0.2, 0) is 13.0 Å². The Labute approximate surface area is 164 Å². The average Bonchev–Trinajstić information content (AvgIpc) is 3.04. The number of aromatic nitrogens is 2. The molecule has 4 heteroatoms. The molecule has 0 atom stereocenters. The lowest BCUT2D eigenvalue weighted by atomic mass is 10.2. The minimum Gasteiger partial charge on any atom is -0.373 e. The van der Waals surface area contributed by atoms with Crippen molar-refractivity contribution in [2.24, 2.45) is 0 Å². The molecular formula is C23H34N4. The van der Waals surface area contributed by atoms with Gasteiger partial charge in [0.1, 0.15) is 11.5 Å². The first kappa shape index (κ1) is 20.8. The minimum absolute atomic E-state index is 0.798. The van der Waals surface area contributed by atoms with Crippen LogP contribution < -0.4 is 4.90 Å². The average molecular weight is 367 g/mol. The summed E-state index contributed by atoms with van der Waals surface area (Å²) in [5, 5.41) is 0. The molecule has 27 heavy (non-hydrogen) atoms. The Hall–Kier alpha value is -2.49. The van der Waals surface area contributed by atoms with Crippen LogP contribution in [0.3, 0.4) is 0 Å². The first-order chi connectivity index (χ1) is 13.0. The molecule has 1 aromatic carbocycles. The standard InChI is InChI=1S/C23H34N4/c1-7-10-16-21-24-23(25(5)9-3)22(19(4)26(6)17-8-2)27(21)18-20-14-12-11-13-15-20/h9,11-15H,3-4,7-8,10,16-18H2,1-2,5-6H3. The second-order valence-electron chi connectivity index (χ2n) is 7.04. The van der Waals surface area contributed by atoms with Crippen LogP contribution in [0.1, 0.15) is 50.2 Å². The number of unbranched alkanes of at least 4 members (excludes halogenated alkanes) is 1. The maximum atomic E-state index is 5.01. The Morgan fingerprint density at radius 1 is 1.15 bits per heavy atom. The Morgan fingerprint density at radius 2 is 1.85 bits per heavy atom. The van der Waals surface area contributed by atoms with Gasteiger partial charge in [-0.25, -0.2) is 4.98 Å². The zero-order valence-electron chi connectivity index (χ0n) is 17.4. The highest BCUT2D eigenvalue weighted by molar-refractivity contribution is 5.71. The highest BCUT2D eigenvalue weighted by atomic mass is 15.3. The normalized spacial score (nSPS) is 10.7. The fraction of sp³-hybridized carbons (Fsp3) is 0.435. The molecule has 0 aliphatic heterocycles. The highest BCUT2D eigenvalue weighted by Crippen LogP contribution is 2.30. The molecular weight excluding hydrogens is 332 g/mol. The Morgan fingerprint density at radius 3 is 2.44 bits per heavy atom. The van der Waals surface area contributed by atoms with E-state index in [-0.39, 0.29) is 0 Å². The van der Waals surface area contributed by atoms with Crippen LogP contribution in [0, 0.1) is 0 Å². The summed E-state index contributed by atoms with van der Waals surface area (Å²) in [6.45, 7) is 14.5. The highest BCUT2D eigenvalue weighted by Gasteiger charge is 2.23. The lowest BCUT2D eigenvalue weighted by Crippen LogP contribution is -2.21. The summed E-state index contributed by atoms with van der Waals surface area (Å²) in [5.41, 5.74) is 3.36. The van der Waals surface area contributed by atoms with E-state index in [1.165, 1.54) is 5.56 Å². The van der Waals surface area contributed by atoms with E-state index in [2.05, 4.69) is 73.9 Å². The second-order valence-corrected chi connectivity index (χ2v) is 7.04. The summed E-state index contributed by atoms with van der Waals surface area (Å²) in [4.78, 5) is 9.23. The number of nitrogens with zero attached hydrogens (tertiary/aromatic N) is 4. The molecule has 0 unspecified atom stereocenters. The lowest BCUT2D eigenvalue weighted by molar-refractivity contribution is 0.473. The third kappa shape index (κ3) is 5.03. The quantitative estimate of drug-likeness (QED) is 0.548. The lowest BCUT2D eigenvalue weighted by Gasteiger charge is -2.25. The molecule has 0 amide bonds. The van der Waals surface area contributed by atoms with E-state index in [0.29, 0.717) is 0 Å². The van der Waals surface area contributed by atoms with E-state index >= 15 is 0 Å². The van der Waals surface area contributed by atoms with Crippen molar-refractivity contribution in [3.05, 3.63) is 66.8 Å². The summed E-state index contributed by atoms with van der Waals surface area (Å²) in [5.74, 6) is 2.05. The van der Waals surface area contributed by atoms with Crippen molar-refractivity contribution >= 4 is 11.5 Å². The molecule has 0 bridgehead atoms. The molecule has 146 valence electrons. The van der Waals surface area contributed by atoms with Crippen molar-refractivity contribution in [1.82, 2.24) is 14.5 Å². The largest absolute Gasteiger partial charge is 0.373 e. The molecule has 0 saturated heterocycles. The van der Waals surface area contributed by atoms with Crippen LogP contribution in [-0.4, -0.2) is 35.1 Å². The molecule has 0 radical (unpaired) electrons. The van der Waals surface area contributed by atoms with Crippen molar-refractivity contribution in [2.45, 2.75) is 46.1 Å². The molecule has 0 aliphatic carbocycles. The maximum absolute atomic E-state index is 5.01. The van der Waals surface area contributed by atoms with Gasteiger partial charge in [0.2, 0.25) is 0 Å². The predicted molar refractivity (Wildman–Crippen MR) is 117 cm³/mol. The molecule has 1 aromatic heterocycles. The van der Waals surface area contributed by atoms with Gasteiger partial charge in [0.05, 0.1) is 5.70 Å². The van der Waals surface area contributed by atoms with E-state index < -0.39 is 0 Å². The summed E-state index contributed by atoms with van der Waals surface area (Å²) in [7, 11) is 4.11. The Balaban J connectivity index is 2.57. The third-order valence-electron chi connectivity index (χ3n) is 4.87. The number of aryl methyl sites for hydroxylation is 1. The molecule has 0 saturated carbocycles. The number of benzene rings is 1. The molecule has 0 fully saturated rings. The summed E-state index contributed by atoms with van der Waals surface area (Å²) < 4.78 is 2.34. The minimum atomic E-state index is 0.798. The monoisotopic (exact) mass is 366 g/mol. The van der Waals surface area contributed by atoms with Crippen LogP contribution in [0.15, 0.2) is 49.7 Å².